The minimum absolute atomic E-state index is 0.0314. The van der Waals surface area contributed by atoms with Crippen molar-refractivity contribution in [2.45, 2.75) is 24.7 Å². The number of para-hydroxylation sites is 1. The highest BCUT2D eigenvalue weighted by Crippen LogP contribution is 2.31. The SMILES string of the molecule is CCOC(=O)c1c(C)noc1SCc1ccccc1[N+](=O)[O-]. The summed E-state index contributed by atoms with van der Waals surface area (Å²) in [7, 11) is 0. The first-order chi connectivity index (χ1) is 10.5. The molecule has 8 heteroatoms. The van der Waals surface area contributed by atoms with Crippen molar-refractivity contribution in [1.82, 2.24) is 5.16 Å². The average molecular weight is 322 g/mol. The molecule has 0 saturated carbocycles. The largest absolute Gasteiger partial charge is 0.462 e. The highest BCUT2D eigenvalue weighted by Gasteiger charge is 2.23. The Hall–Kier alpha value is -2.35. The van der Waals surface area contributed by atoms with Crippen LogP contribution < -0.4 is 0 Å². The number of rotatable bonds is 6. The first kappa shape index (κ1) is 16.0. The standard InChI is InChI=1S/C14H14N2O5S/c1-3-20-13(17)12-9(2)15-21-14(12)22-8-10-6-4-5-7-11(10)16(18)19/h4-7H,3,8H2,1-2H3. The third-order valence-electron chi connectivity index (χ3n) is 2.86. The van der Waals surface area contributed by atoms with Gasteiger partial charge in [-0.25, -0.2) is 4.79 Å². The zero-order valence-corrected chi connectivity index (χ0v) is 12.9. The van der Waals surface area contributed by atoms with E-state index in [9.17, 15) is 14.9 Å². The zero-order valence-electron chi connectivity index (χ0n) is 12.1. The van der Waals surface area contributed by atoms with Crippen LogP contribution in [0.4, 0.5) is 5.69 Å². The molecule has 2 aromatic rings. The predicted molar refractivity (Wildman–Crippen MR) is 79.9 cm³/mol. The van der Waals surface area contributed by atoms with Gasteiger partial charge in [0.05, 0.1) is 17.2 Å². The van der Waals surface area contributed by atoms with Crippen LogP contribution in [0.2, 0.25) is 0 Å². The molecule has 0 unspecified atom stereocenters. The predicted octanol–water partition coefficient (Wildman–Crippen LogP) is 3.36. The monoisotopic (exact) mass is 322 g/mol. The summed E-state index contributed by atoms with van der Waals surface area (Å²) < 4.78 is 10.1. The van der Waals surface area contributed by atoms with Crippen molar-refractivity contribution in [3.05, 3.63) is 51.2 Å². The maximum absolute atomic E-state index is 11.9. The molecule has 0 aliphatic rings. The lowest BCUT2D eigenvalue weighted by Crippen LogP contribution is -2.06. The molecule has 1 aromatic carbocycles. The van der Waals surface area contributed by atoms with Crippen LogP contribution in [-0.4, -0.2) is 22.7 Å². The second kappa shape index (κ2) is 7.08. The number of nitro groups is 1. The van der Waals surface area contributed by atoms with Crippen LogP contribution in [0.5, 0.6) is 0 Å². The fraction of sp³-hybridized carbons (Fsp3) is 0.286. The van der Waals surface area contributed by atoms with E-state index in [0.717, 1.165) is 0 Å². The Morgan fingerprint density at radius 2 is 2.18 bits per heavy atom. The van der Waals surface area contributed by atoms with Gasteiger partial charge in [0.15, 0.2) is 0 Å². The molecular formula is C14H14N2O5S. The number of carbonyl (C=O) groups is 1. The summed E-state index contributed by atoms with van der Waals surface area (Å²) in [5.74, 6) is -0.218. The number of aromatic nitrogens is 1. The molecule has 22 heavy (non-hydrogen) atoms. The van der Waals surface area contributed by atoms with Gasteiger partial charge in [0.1, 0.15) is 5.56 Å². The highest BCUT2D eigenvalue weighted by atomic mass is 32.2. The molecule has 0 aliphatic carbocycles. The number of hydrogen-bond acceptors (Lipinski definition) is 7. The maximum Gasteiger partial charge on any atom is 0.344 e. The van der Waals surface area contributed by atoms with Crippen LogP contribution in [0.15, 0.2) is 33.9 Å². The van der Waals surface area contributed by atoms with E-state index in [0.29, 0.717) is 16.3 Å². The molecule has 1 heterocycles. The fourth-order valence-corrected chi connectivity index (χ4v) is 2.83. The fourth-order valence-electron chi connectivity index (χ4n) is 1.84. The van der Waals surface area contributed by atoms with E-state index in [2.05, 4.69) is 5.16 Å². The van der Waals surface area contributed by atoms with Gasteiger partial charge in [0, 0.05) is 17.4 Å². The summed E-state index contributed by atoms with van der Waals surface area (Å²) in [4.78, 5) is 22.4. The summed E-state index contributed by atoms with van der Waals surface area (Å²) in [5, 5.41) is 15.0. The van der Waals surface area contributed by atoms with Crippen LogP contribution in [0, 0.1) is 17.0 Å². The summed E-state index contributed by atoms with van der Waals surface area (Å²) in [6, 6.07) is 6.43. The van der Waals surface area contributed by atoms with E-state index < -0.39 is 10.9 Å². The van der Waals surface area contributed by atoms with Crippen LogP contribution in [-0.2, 0) is 10.5 Å². The Bertz CT molecular complexity index is 698. The van der Waals surface area contributed by atoms with Crippen molar-refractivity contribution < 1.29 is 19.0 Å². The van der Waals surface area contributed by atoms with Gasteiger partial charge in [0.25, 0.3) is 5.69 Å². The minimum Gasteiger partial charge on any atom is -0.462 e. The summed E-state index contributed by atoms with van der Waals surface area (Å²) in [6.45, 7) is 3.60. The molecular weight excluding hydrogens is 308 g/mol. The Balaban J connectivity index is 2.20. The Kier molecular flexibility index (Phi) is 5.16. The molecule has 0 spiro atoms. The smallest absolute Gasteiger partial charge is 0.344 e. The van der Waals surface area contributed by atoms with Gasteiger partial charge >= 0.3 is 5.97 Å². The Labute approximate surface area is 130 Å². The highest BCUT2D eigenvalue weighted by molar-refractivity contribution is 7.98. The van der Waals surface area contributed by atoms with Crippen molar-refractivity contribution in [1.29, 1.82) is 0 Å². The summed E-state index contributed by atoms with van der Waals surface area (Å²) >= 11 is 1.17. The van der Waals surface area contributed by atoms with E-state index in [1.807, 2.05) is 0 Å². The van der Waals surface area contributed by atoms with E-state index in [1.165, 1.54) is 17.8 Å². The molecule has 0 N–H and O–H groups in total. The molecule has 1 aromatic heterocycles. The van der Waals surface area contributed by atoms with Crippen LogP contribution in [0.3, 0.4) is 0 Å². The molecule has 0 amide bonds. The maximum atomic E-state index is 11.9. The Morgan fingerprint density at radius 3 is 2.86 bits per heavy atom. The third kappa shape index (κ3) is 3.45. The van der Waals surface area contributed by atoms with E-state index >= 15 is 0 Å². The van der Waals surface area contributed by atoms with E-state index in [4.69, 9.17) is 9.26 Å². The Morgan fingerprint density at radius 1 is 1.45 bits per heavy atom. The lowest BCUT2D eigenvalue weighted by Gasteiger charge is -2.03. The van der Waals surface area contributed by atoms with Crippen molar-refractivity contribution in [3.63, 3.8) is 0 Å². The normalized spacial score (nSPS) is 10.5. The second-order valence-corrected chi connectivity index (χ2v) is 5.27. The van der Waals surface area contributed by atoms with Gasteiger partial charge in [-0.15, -0.1) is 0 Å². The van der Waals surface area contributed by atoms with E-state index in [1.54, 1.807) is 32.0 Å². The molecule has 116 valence electrons. The summed E-state index contributed by atoms with van der Waals surface area (Å²) in [5.41, 5.74) is 1.28. The van der Waals surface area contributed by atoms with E-state index in [-0.39, 0.29) is 23.6 Å². The molecule has 0 saturated heterocycles. The lowest BCUT2D eigenvalue weighted by atomic mass is 10.2. The van der Waals surface area contributed by atoms with Crippen molar-refractivity contribution in [3.8, 4) is 0 Å². The molecule has 7 nitrogen and oxygen atoms in total. The number of aryl methyl sites for hydroxylation is 1. The zero-order chi connectivity index (χ0) is 16.1. The van der Waals surface area contributed by atoms with Gasteiger partial charge in [-0.1, -0.05) is 35.1 Å². The number of nitro benzene ring substituents is 1. The molecule has 0 atom stereocenters. The van der Waals surface area contributed by atoms with Crippen molar-refractivity contribution in [2.75, 3.05) is 6.61 Å². The van der Waals surface area contributed by atoms with Crippen LogP contribution in [0.1, 0.15) is 28.5 Å². The second-order valence-electron chi connectivity index (χ2n) is 4.33. The van der Waals surface area contributed by atoms with Crippen molar-refractivity contribution in [2.24, 2.45) is 0 Å². The summed E-state index contributed by atoms with van der Waals surface area (Å²) in [6.07, 6.45) is 0. The quantitative estimate of drug-likeness (QED) is 0.348. The number of hydrogen-bond donors (Lipinski definition) is 0. The number of benzene rings is 1. The first-order valence-electron chi connectivity index (χ1n) is 6.53. The van der Waals surface area contributed by atoms with Crippen LogP contribution in [0.25, 0.3) is 0 Å². The molecule has 0 radical (unpaired) electrons. The molecule has 0 fully saturated rings. The van der Waals surface area contributed by atoms with Gasteiger partial charge in [0.2, 0.25) is 5.09 Å². The molecule has 2 rings (SSSR count). The molecule has 0 bridgehead atoms. The lowest BCUT2D eigenvalue weighted by molar-refractivity contribution is -0.385. The number of esters is 1. The number of thioether (sulfide) groups is 1. The minimum atomic E-state index is -0.508. The van der Waals surface area contributed by atoms with Crippen LogP contribution >= 0.6 is 11.8 Å². The number of carbonyl (C=O) groups excluding carboxylic acids is 1. The third-order valence-corrected chi connectivity index (χ3v) is 3.85. The topological polar surface area (TPSA) is 95.5 Å². The van der Waals surface area contributed by atoms with Gasteiger partial charge in [-0.2, -0.15) is 0 Å². The molecule has 0 aliphatic heterocycles. The van der Waals surface area contributed by atoms with Gasteiger partial charge in [-0.05, 0) is 13.8 Å². The van der Waals surface area contributed by atoms with Crippen molar-refractivity contribution >= 4 is 23.4 Å². The van der Waals surface area contributed by atoms with Gasteiger partial charge in [-0.3, -0.25) is 10.1 Å². The first-order valence-corrected chi connectivity index (χ1v) is 7.51. The average Bonchev–Trinajstić information content (AvgIpc) is 2.86. The van der Waals surface area contributed by atoms with Gasteiger partial charge < -0.3 is 9.26 Å². The number of ether oxygens (including phenoxy) is 1. The number of nitrogens with zero attached hydrogens (tertiary/aromatic N) is 2.